The average molecular weight is 379 g/mol. The number of aliphatic hydroxyl groups excluding tert-OH is 4. The highest BCUT2D eigenvalue weighted by Gasteiger charge is 2.31. The van der Waals surface area contributed by atoms with Crippen molar-refractivity contribution in [3.8, 4) is 0 Å². The zero-order chi connectivity index (χ0) is 20.3. The molecule has 5 N–H and O–H groups in total. The van der Waals surface area contributed by atoms with E-state index in [0.29, 0.717) is 22.9 Å². The van der Waals surface area contributed by atoms with Gasteiger partial charge in [0.1, 0.15) is 41.8 Å². The van der Waals surface area contributed by atoms with Gasteiger partial charge in [0.15, 0.2) is 5.78 Å². The van der Waals surface area contributed by atoms with Gasteiger partial charge in [-0.3, -0.25) is 4.79 Å². The number of Topliss-reactive ketones (excluding diaryl/α,β-unsaturated/α-hetero) is 1. The van der Waals surface area contributed by atoms with E-state index in [1.54, 1.807) is 13.0 Å². The van der Waals surface area contributed by atoms with Gasteiger partial charge in [0, 0.05) is 17.1 Å². The normalized spacial score (nSPS) is 15.8. The second-order valence-electron chi connectivity index (χ2n) is 6.19. The summed E-state index contributed by atoms with van der Waals surface area (Å²) in [6, 6.07) is 3.22. The Bertz CT molecular complexity index is 906. The fraction of sp³-hybridized carbons (Fsp3) is 0.389. The van der Waals surface area contributed by atoms with Crippen LogP contribution in [0.5, 0.6) is 0 Å². The van der Waals surface area contributed by atoms with Crippen molar-refractivity contribution in [1.82, 2.24) is 0 Å². The SMILES string of the molecule is CC(=O)c1c(C)c2ccc(N[C@@H](C=O)[C@@H](O)[C@H](O)[C@H](O)CO)cc2oc1=O. The van der Waals surface area contributed by atoms with Crippen LogP contribution in [0.2, 0.25) is 0 Å². The molecule has 1 aromatic heterocycles. The highest BCUT2D eigenvalue weighted by molar-refractivity contribution is 5.99. The first-order valence-electron chi connectivity index (χ1n) is 8.16. The molecule has 0 saturated heterocycles. The molecule has 2 aromatic rings. The zero-order valence-corrected chi connectivity index (χ0v) is 14.7. The summed E-state index contributed by atoms with van der Waals surface area (Å²) in [6.45, 7) is 2.10. The summed E-state index contributed by atoms with van der Waals surface area (Å²) in [5.41, 5.74) is 0.113. The molecule has 0 bridgehead atoms. The largest absolute Gasteiger partial charge is 0.422 e. The lowest BCUT2D eigenvalue weighted by Gasteiger charge is -2.26. The number of hydrogen-bond acceptors (Lipinski definition) is 9. The van der Waals surface area contributed by atoms with Crippen molar-refractivity contribution < 1.29 is 34.4 Å². The fourth-order valence-corrected chi connectivity index (χ4v) is 2.79. The number of carbonyl (C=O) groups excluding carboxylic acids is 2. The van der Waals surface area contributed by atoms with Crippen LogP contribution in [-0.2, 0) is 4.79 Å². The molecular weight excluding hydrogens is 358 g/mol. The van der Waals surface area contributed by atoms with E-state index in [4.69, 9.17) is 9.52 Å². The Balaban J connectivity index is 2.36. The van der Waals surface area contributed by atoms with E-state index in [1.807, 2.05) is 0 Å². The third-order valence-electron chi connectivity index (χ3n) is 4.30. The molecule has 4 atom stereocenters. The lowest BCUT2D eigenvalue weighted by Crippen LogP contribution is -2.49. The zero-order valence-electron chi connectivity index (χ0n) is 14.7. The first-order valence-corrected chi connectivity index (χ1v) is 8.16. The first-order chi connectivity index (χ1) is 12.7. The van der Waals surface area contributed by atoms with Crippen LogP contribution in [0.3, 0.4) is 0 Å². The minimum absolute atomic E-state index is 0.0366. The number of anilines is 1. The number of benzene rings is 1. The number of aliphatic hydroxyl groups is 4. The summed E-state index contributed by atoms with van der Waals surface area (Å²) in [7, 11) is 0. The highest BCUT2D eigenvalue weighted by atomic mass is 16.4. The molecule has 0 radical (unpaired) electrons. The van der Waals surface area contributed by atoms with Crippen LogP contribution in [0.4, 0.5) is 5.69 Å². The molecular formula is C18H21NO8. The molecule has 27 heavy (non-hydrogen) atoms. The number of aryl methyl sites for hydroxylation is 1. The molecule has 9 heteroatoms. The minimum atomic E-state index is -1.75. The third-order valence-corrected chi connectivity index (χ3v) is 4.30. The minimum Gasteiger partial charge on any atom is -0.422 e. The number of fused-ring (bicyclic) bond motifs is 1. The van der Waals surface area contributed by atoms with Crippen LogP contribution in [0.25, 0.3) is 11.0 Å². The highest BCUT2D eigenvalue weighted by Crippen LogP contribution is 2.24. The van der Waals surface area contributed by atoms with Gasteiger partial charge in [-0.15, -0.1) is 0 Å². The molecule has 1 aromatic carbocycles. The molecule has 0 aliphatic carbocycles. The van der Waals surface area contributed by atoms with Gasteiger partial charge >= 0.3 is 5.63 Å². The average Bonchev–Trinajstić information content (AvgIpc) is 2.63. The third kappa shape index (κ3) is 4.22. The molecule has 146 valence electrons. The standard InChI is InChI=1S/C18H21NO8/c1-8-11-4-3-10(5-14(11)27-18(26)15(8)9(2)22)19-12(6-20)16(24)17(25)13(23)7-21/h3-6,12-13,16-17,19,21,23-25H,7H2,1-2H3/t12-,13+,16+,17+/m0/s1. The molecule has 0 aliphatic rings. The first kappa shape index (κ1) is 20.7. The van der Waals surface area contributed by atoms with E-state index >= 15 is 0 Å². The molecule has 0 unspecified atom stereocenters. The summed E-state index contributed by atoms with van der Waals surface area (Å²) in [4.78, 5) is 34.9. The molecule has 0 amide bonds. The number of nitrogens with one attached hydrogen (secondary N) is 1. The molecule has 0 fully saturated rings. The van der Waals surface area contributed by atoms with Crippen molar-refractivity contribution in [2.45, 2.75) is 38.2 Å². The number of rotatable bonds is 8. The van der Waals surface area contributed by atoms with Gasteiger partial charge in [0.2, 0.25) is 0 Å². The van der Waals surface area contributed by atoms with Gasteiger partial charge in [0.05, 0.1) is 6.61 Å². The van der Waals surface area contributed by atoms with Crippen molar-refractivity contribution in [2.75, 3.05) is 11.9 Å². The Morgan fingerprint density at radius 3 is 2.48 bits per heavy atom. The van der Waals surface area contributed by atoms with Crippen LogP contribution in [0, 0.1) is 6.92 Å². The second kappa shape index (κ2) is 8.40. The Morgan fingerprint density at radius 1 is 1.26 bits per heavy atom. The van der Waals surface area contributed by atoms with E-state index < -0.39 is 42.4 Å². The Hall–Kier alpha value is -2.59. The smallest absolute Gasteiger partial charge is 0.347 e. The number of ketones is 1. The molecule has 0 spiro atoms. The monoisotopic (exact) mass is 379 g/mol. The summed E-state index contributed by atoms with van der Waals surface area (Å²) >= 11 is 0. The van der Waals surface area contributed by atoms with E-state index in [9.17, 15) is 29.7 Å². The number of aldehydes is 1. The van der Waals surface area contributed by atoms with Crippen molar-refractivity contribution >= 4 is 28.7 Å². The van der Waals surface area contributed by atoms with Gasteiger partial charge in [0.25, 0.3) is 0 Å². The molecule has 1 heterocycles. The summed E-state index contributed by atoms with van der Waals surface area (Å²) in [6.07, 6.45) is -4.74. The Morgan fingerprint density at radius 2 is 1.93 bits per heavy atom. The predicted octanol–water partition coefficient (Wildman–Crippen LogP) is -0.642. The van der Waals surface area contributed by atoms with Crippen molar-refractivity contribution in [1.29, 1.82) is 0 Å². The van der Waals surface area contributed by atoms with Gasteiger partial charge in [-0.2, -0.15) is 0 Å². The van der Waals surface area contributed by atoms with Crippen LogP contribution >= 0.6 is 0 Å². The van der Waals surface area contributed by atoms with Crippen LogP contribution in [0.1, 0.15) is 22.8 Å². The predicted molar refractivity (Wildman–Crippen MR) is 95.8 cm³/mol. The fourth-order valence-electron chi connectivity index (χ4n) is 2.79. The number of hydrogen-bond donors (Lipinski definition) is 5. The summed E-state index contributed by atoms with van der Waals surface area (Å²) in [5, 5.41) is 41.2. The van der Waals surface area contributed by atoms with Crippen LogP contribution in [-0.4, -0.2) is 63.5 Å². The maximum absolute atomic E-state index is 12.0. The molecule has 2 rings (SSSR count). The van der Waals surface area contributed by atoms with E-state index in [2.05, 4.69) is 5.32 Å². The van der Waals surface area contributed by atoms with Gasteiger partial charge in [-0.1, -0.05) is 0 Å². The molecule has 0 aliphatic heterocycles. The summed E-state index contributed by atoms with van der Waals surface area (Å²) in [5.74, 6) is -0.411. The van der Waals surface area contributed by atoms with Crippen molar-refractivity contribution in [3.05, 3.63) is 39.7 Å². The second-order valence-corrected chi connectivity index (χ2v) is 6.19. The summed E-state index contributed by atoms with van der Waals surface area (Å²) < 4.78 is 5.16. The van der Waals surface area contributed by atoms with Gasteiger partial charge < -0.3 is 35.0 Å². The van der Waals surface area contributed by atoms with E-state index in [0.717, 1.165) is 0 Å². The van der Waals surface area contributed by atoms with Gasteiger partial charge in [-0.25, -0.2) is 4.79 Å². The van der Waals surface area contributed by atoms with E-state index in [1.165, 1.54) is 19.1 Å². The van der Waals surface area contributed by atoms with Crippen LogP contribution in [0.15, 0.2) is 27.4 Å². The van der Waals surface area contributed by atoms with E-state index in [-0.39, 0.29) is 11.1 Å². The lowest BCUT2D eigenvalue weighted by molar-refractivity contribution is -0.117. The van der Waals surface area contributed by atoms with Crippen molar-refractivity contribution in [3.63, 3.8) is 0 Å². The Kier molecular flexibility index (Phi) is 6.45. The Labute approximate surface area is 153 Å². The topological polar surface area (TPSA) is 157 Å². The molecule has 9 nitrogen and oxygen atoms in total. The maximum atomic E-state index is 12.0. The maximum Gasteiger partial charge on any atom is 0.347 e. The van der Waals surface area contributed by atoms with Gasteiger partial charge in [-0.05, 0) is 31.5 Å². The lowest BCUT2D eigenvalue weighted by atomic mass is 10.0. The number of carbonyl (C=O) groups is 2. The molecule has 0 saturated carbocycles. The van der Waals surface area contributed by atoms with Crippen LogP contribution < -0.4 is 10.9 Å². The quantitative estimate of drug-likeness (QED) is 0.228. The van der Waals surface area contributed by atoms with Crippen molar-refractivity contribution in [2.24, 2.45) is 0 Å².